The van der Waals surface area contributed by atoms with Crippen LogP contribution in [0.25, 0.3) is 0 Å². The highest BCUT2D eigenvalue weighted by molar-refractivity contribution is 4.91. The number of nitrogens with two attached hydrogens (primary N) is 1. The zero-order valence-electron chi connectivity index (χ0n) is 7.87. The molecule has 0 unspecified atom stereocenters. The summed E-state index contributed by atoms with van der Waals surface area (Å²) in [4.78, 5) is 5.00. The van der Waals surface area contributed by atoms with Crippen LogP contribution < -0.4 is 5.73 Å². The van der Waals surface area contributed by atoms with Gasteiger partial charge in [0.05, 0.1) is 0 Å². The molecule has 1 saturated carbocycles. The van der Waals surface area contributed by atoms with E-state index in [-0.39, 0.29) is 0 Å². The summed E-state index contributed by atoms with van der Waals surface area (Å²) in [5.74, 6) is 0. The van der Waals surface area contributed by atoms with Crippen molar-refractivity contribution in [1.29, 1.82) is 0 Å². The molecule has 0 aromatic carbocycles. The van der Waals surface area contributed by atoms with E-state index in [2.05, 4.69) is 16.8 Å². The monoisotopic (exact) mass is 169 g/mol. The van der Waals surface area contributed by atoms with E-state index in [0.29, 0.717) is 6.04 Å². The van der Waals surface area contributed by atoms with Gasteiger partial charge in [0.2, 0.25) is 0 Å². The van der Waals surface area contributed by atoms with Crippen LogP contribution in [0, 0.1) is 0 Å². The lowest BCUT2D eigenvalue weighted by atomic mass is 9.86. The molecule has 0 amide bonds. The Morgan fingerprint density at radius 3 is 2.17 bits per heavy atom. The largest absolute Gasteiger partial charge is 0.328 e. The Balaban J connectivity index is 1.75. The molecule has 0 spiro atoms. The molecule has 1 saturated heterocycles. The van der Waals surface area contributed by atoms with Crippen molar-refractivity contribution in [2.45, 2.75) is 24.9 Å². The van der Waals surface area contributed by atoms with E-state index in [4.69, 9.17) is 5.73 Å². The van der Waals surface area contributed by atoms with Gasteiger partial charge in [-0.25, -0.2) is 0 Å². The lowest BCUT2D eigenvalue weighted by molar-refractivity contribution is 0.0619. The Hall–Kier alpha value is -0.120. The van der Waals surface area contributed by atoms with Crippen LogP contribution >= 0.6 is 0 Å². The van der Waals surface area contributed by atoms with E-state index in [9.17, 15) is 0 Å². The van der Waals surface area contributed by atoms with E-state index in [1.807, 2.05) is 0 Å². The van der Waals surface area contributed by atoms with Crippen LogP contribution in [0.1, 0.15) is 12.8 Å². The third-order valence-corrected chi connectivity index (χ3v) is 3.20. The molecule has 1 heterocycles. The van der Waals surface area contributed by atoms with Crippen LogP contribution in [0.4, 0.5) is 0 Å². The summed E-state index contributed by atoms with van der Waals surface area (Å²) >= 11 is 0. The van der Waals surface area contributed by atoms with Crippen molar-refractivity contribution in [2.24, 2.45) is 5.73 Å². The third kappa shape index (κ3) is 1.63. The number of likely N-dealkylation sites (N-methyl/N-ethyl adjacent to an activating group) is 1. The normalized spacial score (nSPS) is 39.5. The van der Waals surface area contributed by atoms with Crippen molar-refractivity contribution in [3.8, 4) is 0 Å². The zero-order chi connectivity index (χ0) is 8.55. The van der Waals surface area contributed by atoms with Gasteiger partial charge in [-0.15, -0.1) is 0 Å². The van der Waals surface area contributed by atoms with Crippen molar-refractivity contribution >= 4 is 0 Å². The van der Waals surface area contributed by atoms with Crippen LogP contribution in [0.2, 0.25) is 0 Å². The van der Waals surface area contributed by atoms with E-state index in [1.54, 1.807) is 0 Å². The van der Waals surface area contributed by atoms with Crippen molar-refractivity contribution in [2.75, 3.05) is 33.2 Å². The van der Waals surface area contributed by atoms with Gasteiger partial charge in [-0.05, 0) is 19.9 Å². The molecule has 3 nitrogen and oxygen atoms in total. The van der Waals surface area contributed by atoms with E-state index < -0.39 is 0 Å². The maximum atomic E-state index is 5.77. The molecule has 3 heteroatoms. The average Bonchev–Trinajstić information content (AvgIpc) is 2.01. The van der Waals surface area contributed by atoms with Gasteiger partial charge in [-0.1, -0.05) is 0 Å². The van der Waals surface area contributed by atoms with Crippen molar-refractivity contribution in [3.63, 3.8) is 0 Å². The maximum Gasteiger partial charge on any atom is 0.0126 e. The molecule has 70 valence electrons. The topological polar surface area (TPSA) is 32.5 Å². The van der Waals surface area contributed by atoms with Gasteiger partial charge in [-0.2, -0.15) is 0 Å². The number of nitrogens with zero attached hydrogens (tertiary/aromatic N) is 2. The van der Waals surface area contributed by atoms with Gasteiger partial charge in [-0.3, -0.25) is 4.90 Å². The minimum Gasteiger partial charge on any atom is -0.328 e. The van der Waals surface area contributed by atoms with Crippen LogP contribution in [0.15, 0.2) is 0 Å². The predicted octanol–water partition coefficient (Wildman–Crippen LogP) is -0.276. The first-order chi connectivity index (χ1) is 5.75. The van der Waals surface area contributed by atoms with Crippen molar-refractivity contribution in [1.82, 2.24) is 9.80 Å². The summed E-state index contributed by atoms with van der Waals surface area (Å²) < 4.78 is 0. The Morgan fingerprint density at radius 1 is 1.08 bits per heavy atom. The quantitative estimate of drug-likeness (QED) is 0.586. The fourth-order valence-corrected chi connectivity index (χ4v) is 2.12. The summed E-state index contributed by atoms with van der Waals surface area (Å²) in [6.45, 7) is 4.94. The molecular formula is C9H19N3. The Labute approximate surface area is 74.5 Å². The molecular weight excluding hydrogens is 150 g/mol. The van der Waals surface area contributed by atoms with Gasteiger partial charge in [0.1, 0.15) is 0 Å². The van der Waals surface area contributed by atoms with E-state index >= 15 is 0 Å². The maximum absolute atomic E-state index is 5.77. The highest BCUT2D eigenvalue weighted by Crippen LogP contribution is 2.24. The number of hydrogen-bond acceptors (Lipinski definition) is 3. The molecule has 1 aliphatic heterocycles. The Bertz CT molecular complexity index is 146. The van der Waals surface area contributed by atoms with E-state index in [0.717, 1.165) is 6.04 Å². The zero-order valence-corrected chi connectivity index (χ0v) is 7.87. The molecule has 0 atom stereocenters. The molecule has 2 fully saturated rings. The number of piperazine rings is 1. The second-order valence-corrected chi connectivity index (χ2v) is 4.22. The molecule has 0 bridgehead atoms. The van der Waals surface area contributed by atoms with Crippen molar-refractivity contribution < 1.29 is 0 Å². The lowest BCUT2D eigenvalue weighted by Crippen LogP contribution is -2.56. The smallest absolute Gasteiger partial charge is 0.0126 e. The summed E-state index contributed by atoms with van der Waals surface area (Å²) in [6.07, 6.45) is 2.45. The Kier molecular flexibility index (Phi) is 2.35. The van der Waals surface area contributed by atoms with Crippen molar-refractivity contribution in [3.05, 3.63) is 0 Å². The minimum atomic E-state index is 0.495. The number of rotatable bonds is 1. The SMILES string of the molecule is CN1CCN(C2CC(N)C2)CC1. The van der Waals surface area contributed by atoms with Crippen LogP contribution in [-0.2, 0) is 0 Å². The summed E-state index contributed by atoms with van der Waals surface area (Å²) in [7, 11) is 2.20. The average molecular weight is 169 g/mol. The highest BCUT2D eigenvalue weighted by atomic mass is 15.3. The molecule has 2 N–H and O–H groups in total. The van der Waals surface area contributed by atoms with Gasteiger partial charge in [0.15, 0.2) is 0 Å². The molecule has 12 heavy (non-hydrogen) atoms. The summed E-state index contributed by atoms with van der Waals surface area (Å²) in [6, 6.07) is 1.31. The first kappa shape index (κ1) is 8.48. The molecule has 1 aliphatic carbocycles. The van der Waals surface area contributed by atoms with Crippen LogP contribution in [-0.4, -0.2) is 55.1 Å². The predicted molar refractivity (Wildman–Crippen MR) is 50.1 cm³/mol. The van der Waals surface area contributed by atoms with Gasteiger partial charge in [0, 0.05) is 38.3 Å². The molecule has 0 aromatic heterocycles. The number of hydrogen-bond donors (Lipinski definition) is 1. The van der Waals surface area contributed by atoms with Crippen LogP contribution in [0.5, 0.6) is 0 Å². The lowest BCUT2D eigenvalue weighted by Gasteiger charge is -2.44. The molecule has 2 rings (SSSR count). The standard InChI is InChI=1S/C9H19N3/c1-11-2-4-12(5-3-11)9-6-8(10)7-9/h8-9H,2-7,10H2,1H3. The second-order valence-electron chi connectivity index (χ2n) is 4.22. The summed E-state index contributed by atoms with van der Waals surface area (Å²) in [5, 5.41) is 0. The summed E-state index contributed by atoms with van der Waals surface area (Å²) in [5.41, 5.74) is 5.77. The van der Waals surface area contributed by atoms with Gasteiger partial charge in [0.25, 0.3) is 0 Å². The second kappa shape index (κ2) is 3.32. The van der Waals surface area contributed by atoms with E-state index in [1.165, 1.54) is 39.0 Å². The first-order valence-electron chi connectivity index (χ1n) is 4.94. The third-order valence-electron chi connectivity index (χ3n) is 3.20. The molecule has 0 radical (unpaired) electrons. The molecule has 2 aliphatic rings. The Morgan fingerprint density at radius 2 is 1.67 bits per heavy atom. The first-order valence-corrected chi connectivity index (χ1v) is 4.94. The van der Waals surface area contributed by atoms with Crippen LogP contribution in [0.3, 0.4) is 0 Å². The highest BCUT2D eigenvalue weighted by Gasteiger charge is 2.32. The minimum absolute atomic E-state index is 0.495. The fourth-order valence-electron chi connectivity index (χ4n) is 2.12. The van der Waals surface area contributed by atoms with Gasteiger partial charge < -0.3 is 10.6 Å². The van der Waals surface area contributed by atoms with Gasteiger partial charge >= 0.3 is 0 Å². The fraction of sp³-hybridized carbons (Fsp3) is 1.00. The molecule has 0 aromatic rings.